The van der Waals surface area contributed by atoms with Crippen LogP contribution in [0, 0.1) is 5.92 Å². The lowest BCUT2D eigenvalue weighted by Gasteiger charge is -2.22. The molecule has 0 bridgehead atoms. The molecule has 3 rings (SSSR count). The van der Waals surface area contributed by atoms with E-state index in [9.17, 15) is 4.79 Å². The van der Waals surface area contributed by atoms with E-state index in [2.05, 4.69) is 39.9 Å². The normalized spacial score (nSPS) is 16.4. The Labute approximate surface area is 150 Å². The van der Waals surface area contributed by atoms with Gasteiger partial charge in [-0.1, -0.05) is 24.3 Å². The number of piperidine rings is 1. The van der Waals surface area contributed by atoms with Crippen LogP contribution in [0.5, 0.6) is 0 Å². The fraction of sp³-hybridized carbons (Fsp3) is 0.429. The first-order valence-electron chi connectivity index (χ1n) is 9.23. The first-order valence-corrected chi connectivity index (χ1v) is 9.23. The van der Waals surface area contributed by atoms with Gasteiger partial charge >= 0.3 is 0 Å². The Hall–Kier alpha value is -2.20. The minimum atomic E-state index is 0.0343. The van der Waals surface area contributed by atoms with Crippen molar-refractivity contribution in [2.75, 3.05) is 13.1 Å². The Kier molecular flexibility index (Phi) is 6.18. The van der Waals surface area contributed by atoms with E-state index in [1.165, 1.54) is 12.8 Å². The smallest absolute Gasteiger partial charge is 0.220 e. The molecule has 1 aromatic carbocycles. The maximum absolute atomic E-state index is 12.2. The fourth-order valence-electron chi connectivity index (χ4n) is 3.41. The van der Waals surface area contributed by atoms with Gasteiger partial charge in [-0.15, -0.1) is 0 Å². The van der Waals surface area contributed by atoms with E-state index < -0.39 is 0 Å². The van der Waals surface area contributed by atoms with E-state index in [-0.39, 0.29) is 11.9 Å². The van der Waals surface area contributed by atoms with Crippen LogP contribution in [-0.4, -0.2) is 24.0 Å². The molecule has 4 nitrogen and oxygen atoms in total. The Morgan fingerprint density at radius 3 is 2.44 bits per heavy atom. The minimum absolute atomic E-state index is 0.0343. The van der Waals surface area contributed by atoms with Crippen LogP contribution in [0.4, 0.5) is 0 Å². The van der Waals surface area contributed by atoms with Crippen molar-refractivity contribution in [2.45, 2.75) is 38.6 Å². The van der Waals surface area contributed by atoms with E-state index in [0.717, 1.165) is 36.2 Å². The van der Waals surface area contributed by atoms with Crippen molar-refractivity contribution in [1.82, 2.24) is 15.6 Å². The van der Waals surface area contributed by atoms with E-state index in [1.807, 2.05) is 19.1 Å². The summed E-state index contributed by atoms with van der Waals surface area (Å²) in [7, 11) is 0. The molecule has 1 aliphatic rings. The summed E-state index contributed by atoms with van der Waals surface area (Å²) in [6.07, 6.45) is 7.62. The predicted octanol–water partition coefficient (Wildman–Crippen LogP) is 3.71. The Bertz CT molecular complexity index is 663. The van der Waals surface area contributed by atoms with Crippen molar-refractivity contribution in [1.29, 1.82) is 0 Å². The maximum Gasteiger partial charge on any atom is 0.220 e. The molecular formula is C21H27N3O. The second kappa shape index (κ2) is 8.77. The fourth-order valence-corrected chi connectivity index (χ4v) is 3.41. The number of amides is 1. The van der Waals surface area contributed by atoms with E-state index in [4.69, 9.17) is 0 Å². The lowest BCUT2D eigenvalue weighted by Crippen LogP contribution is -2.30. The molecule has 1 amide bonds. The van der Waals surface area contributed by atoms with Crippen LogP contribution in [0.15, 0.2) is 48.8 Å². The van der Waals surface area contributed by atoms with Crippen LogP contribution in [0.3, 0.4) is 0 Å². The largest absolute Gasteiger partial charge is 0.350 e. The van der Waals surface area contributed by atoms with Gasteiger partial charge in [0.1, 0.15) is 0 Å². The number of aromatic nitrogens is 1. The van der Waals surface area contributed by atoms with Gasteiger partial charge in [0.15, 0.2) is 0 Å². The zero-order valence-electron chi connectivity index (χ0n) is 14.9. The first kappa shape index (κ1) is 17.6. The van der Waals surface area contributed by atoms with Crippen molar-refractivity contribution in [3.63, 3.8) is 0 Å². The summed E-state index contributed by atoms with van der Waals surface area (Å²) in [5, 5.41) is 6.50. The number of hydrogen-bond acceptors (Lipinski definition) is 3. The number of pyridine rings is 1. The van der Waals surface area contributed by atoms with Gasteiger partial charge in [0.05, 0.1) is 6.04 Å². The summed E-state index contributed by atoms with van der Waals surface area (Å²) in [5.74, 6) is 0.853. The number of nitrogens with one attached hydrogen (secondary N) is 2. The number of carbonyl (C=O) groups excluding carboxylic acids is 1. The van der Waals surface area contributed by atoms with E-state index >= 15 is 0 Å². The molecule has 4 heteroatoms. The highest BCUT2D eigenvalue weighted by atomic mass is 16.1. The van der Waals surface area contributed by atoms with Gasteiger partial charge < -0.3 is 10.6 Å². The molecule has 0 spiro atoms. The van der Waals surface area contributed by atoms with Crippen LogP contribution >= 0.6 is 0 Å². The molecule has 0 radical (unpaired) electrons. The third-order valence-electron chi connectivity index (χ3n) is 5.04. The quantitative estimate of drug-likeness (QED) is 0.845. The zero-order chi connectivity index (χ0) is 17.5. The number of carbonyl (C=O) groups is 1. The molecule has 132 valence electrons. The highest BCUT2D eigenvalue weighted by Gasteiger charge is 2.15. The van der Waals surface area contributed by atoms with Gasteiger partial charge in [0.25, 0.3) is 0 Å². The molecule has 2 N–H and O–H groups in total. The monoisotopic (exact) mass is 337 g/mol. The van der Waals surface area contributed by atoms with Crippen LogP contribution in [-0.2, 0) is 4.79 Å². The molecule has 1 atom stereocenters. The summed E-state index contributed by atoms with van der Waals surface area (Å²) >= 11 is 0. The Balaban J connectivity index is 1.50. The molecule has 25 heavy (non-hydrogen) atoms. The van der Waals surface area contributed by atoms with Crippen molar-refractivity contribution < 1.29 is 4.79 Å². The molecule has 1 aliphatic heterocycles. The summed E-state index contributed by atoms with van der Waals surface area (Å²) < 4.78 is 0. The van der Waals surface area contributed by atoms with E-state index in [1.54, 1.807) is 12.4 Å². The molecule has 1 aromatic heterocycles. The van der Waals surface area contributed by atoms with Gasteiger partial charge in [-0.2, -0.15) is 0 Å². The van der Waals surface area contributed by atoms with Crippen molar-refractivity contribution in [3.8, 4) is 11.1 Å². The summed E-state index contributed by atoms with van der Waals surface area (Å²) in [4.78, 5) is 16.3. The summed E-state index contributed by atoms with van der Waals surface area (Å²) in [6, 6.07) is 12.4. The highest BCUT2D eigenvalue weighted by molar-refractivity contribution is 5.76. The number of nitrogens with zero attached hydrogens (tertiary/aromatic N) is 1. The molecule has 1 unspecified atom stereocenters. The SMILES string of the molecule is CC(NC(=O)CCC1CCNCC1)c1ccc(-c2ccncc2)cc1. The summed E-state index contributed by atoms with van der Waals surface area (Å²) in [5.41, 5.74) is 3.45. The topological polar surface area (TPSA) is 54.0 Å². The molecular weight excluding hydrogens is 310 g/mol. The standard InChI is InChI=1S/C21H27N3O/c1-16(24-21(25)7-2-17-8-12-22-13-9-17)18-3-5-19(6-4-18)20-10-14-23-15-11-20/h3-6,10-11,14-17,22H,2,7-9,12-13H2,1H3,(H,24,25). The first-order chi connectivity index (χ1) is 12.2. The second-order valence-corrected chi connectivity index (χ2v) is 6.88. The summed E-state index contributed by atoms with van der Waals surface area (Å²) in [6.45, 7) is 4.23. The molecule has 0 aliphatic carbocycles. The minimum Gasteiger partial charge on any atom is -0.350 e. The van der Waals surface area contributed by atoms with Gasteiger partial charge in [-0.3, -0.25) is 9.78 Å². The van der Waals surface area contributed by atoms with E-state index in [0.29, 0.717) is 12.3 Å². The molecule has 1 saturated heterocycles. The van der Waals surface area contributed by atoms with Gasteiger partial charge in [-0.05, 0) is 74.0 Å². The van der Waals surface area contributed by atoms with Gasteiger partial charge in [0, 0.05) is 18.8 Å². The van der Waals surface area contributed by atoms with Crippen LogP contribution in [0.25, 0.3) is 11.1 Å². The second-order valence-electron chi connectivity index (χ2n) is 6.88. The van der Waals surface area contributed by atoms with Crippen molar-refractivity contribution in [2.24, 2.45) is 5.92 Å². The van der Waals surface area contributed by atoms with Crippen LogP contribution in [0.2, 0.25) is 0 Å². The zero-order valence-corrected chi connectivity index (χ0v) is 14.9. The lowest BCUT2D eigenvalue weighted by molar-refractivity contribution is -0.122. The molecule has 0 saturated carbocycles. The Morgan fingerprint density at radius 1 is 1.12 bits per heavy atom. The molecule has 1 fully saturated rings. The number of hydrogen-bond donors (Lipinski definition) is 2. The molecule has 2 aromatic rings. The van der Waals surface area contributed by atoms with Gasteiger partial charge in [-0.25, -0.2) is 0 Å². The van der Waals surface area contributed by atoms with Crippen molar-refractivity contribution in [3.05, 3.63) is 54.4 Å². The maximum atomic E-state index is 12.2. The van der Waals surface area contributed by atoms with Crippen LogP contribution < -0.4 is 10.6 Å². The van der Waals surface area contributed by atoms with Gasteiger partial charge in [0.2, 0.25) is 5.91 Å². The van der Waals surface area contributed by atoms with Crippen LogP contribution in [0.1, 0.15) is 44.2 Å². The highest BCUT2D eigenvalue weighted by Crippen LogP contribution is 2.22. The number of rotatable bonds is 6. The third-order valence-corrected chi connectivity index (χ3v) is 5.04. The average Bonchev–Trinajstić information content (AvgIpc) is 2.68. The van der Waals surface area contributed by atoms with Crippen molar-refractivity contribution >= 4 is 5.91 Å². The lowest BCUT2D eigenvalue weighted by atomic mass is 9.93. The number of benzene rings is 1. The average molecular weight is 337 g/mol. The predicted molar refractivity (Wildman–Crippen MR) is 101 cm³/mol. The molecule has 2 heterocycles. The third kappa shape index (κ3) is 5.13. The Morgan fingerprint density at radius 2 is 1.76 bits per heavy atom.